The second-order valence-electron chi connectivity index (χ2n) is 3.82. The van der Waals surface area contributed by atoms with Crippen LogP contribution in [0, 0.1) is 0 Å². The van der Waals surface area contributed by atoms with Crippen LogP contribution < -0.4 is 0 Å². The lowest BCUT2D eigenvalue weighted by molar-refractivity contribution is 0.0690. The summed E-state index contributed by atoms with van der Waals surface area (Å²) in [5.74, 6) is -1.09. The van der Waals surface area contributed by atoms with Gasteiger partial charge in [0.15, 0.2) is 5.78 Å². The number of rotatable bonds is 4. The lowest BCUT2D eigenvalue weighted by Gasteiger charge is -2.01. The normalized spacial score (nSPS) is 10.0. The van der Waals surface area contributed by atoms with Crippen LogP contribution in [0.2, 0.25) is 0 Å². The third kappa shape index (κ3) is 2.79. The number of aromatic carboxylic acids is 1. The number of hydrogen-bond acceptors (Lipinski definition) is 3. The van der Waals surface area contributed by atoms with Crippen molar-refractivity contribution < 1.29 is 14.7 Å². The highest BCUT2D eigenvalue weighted by atomic mass is 16.4. The molecule has 0 fully saturated rings. The highest BCUT2D eigenvalue weighted by Crippen LogP contribution is 2.07. The van der Waals surface area contributed by atoms with Crippen LogP contribution in [0.25, 0.3) is 0 Å². The summed E-state index contributed by atoms with van der Waals surface area (Å²) in [6, 6.07) is 12.0. The molecule has 1 aromatic carbocycles. The number of pyridine rings is 1. The van der Waals surface area contributed by atoms with Crippen LogP contribution in [0.15, 0.2) is 48.7 Å². The maximum Gasteiger partial charge on any atom is 0.354 e. The van der Waals surface area contributed by atoms with E-state index in [1.165, 1.54) is 12.3 Å². The predicted molar refractivity (Wildman–Crippen MR) is 65.7 cm³/mol. The van der Waals surface area contributed by atoms with Gasteiger partial charge in [-0.2, -0.15) is 0 Å². The van der Waals surface area contributed by atoms with Crippen LogP contribution in [0.4, 0.5) is 0 Å². The molecule has 2 aromatic rings. The van der Waals surface area contributed by atoms with Crippen LogP contribution in [-0.4, -0.2) is 21.8 Å². The van der Waals surface area contributed by atoms with Crippen molar-refractivity contribution in [2.45, 2.75) is 6.42 Å². The average molecular weight is 241 g/mol. The van der Waals surface area contributed by atoms with E-state index in [2.05, 4.69) is 4.98 Å². The van der Waals surface area contributed by atoms with E-state index in [1.807, 2.05) is 6.07 Å². The van der Waals surface area contributed by atoms with Crippen molar-refractivity contribution in [3.8, 4) is 0 Å². The van der Waals surface area contributed by atoms with Crippen LogP contribution in [0.5, 0.6) is 0 Å². The molecule has 4 nitrogen and oxygen atoms in total. The van der Waals surface area contributed by atoms with Crippen LogP contribution in [-0.2, 0) is 6.42 Å². The first kappa shape index (κ1) is 12.0. The molecule has 0 bridgehead atoms. The van der Waals surface area contributed by atoms with Gasteiger partial charge in [0.25, 0.3) is 0 Å². The van der Waals surface area contributed by atoms with Gasteiger partial charge in [-0.3, -0.25) is 4.79 Å². The molecular weight excluding hydrogens is 230 g/mol. The van der Waals surface area contributed by atoms with Crippen molar-refractivity contribution >= 4 is 11.8 Å². The largest absolute Gasteiger partial charge is 0.477 e. The fourth-order valence-electron chi connectivity index (χ4n) is 1.57. The van der Waals surface area contributed by atoms with Gasteiger partial charge >= 0.3 is 5.97 Å². The molecule has 18 heavy (non-hydrogen) atoms. The van der Waals surface area contributed by atoms with Crippen molar-refractivity contribution in [1.82, 2.24) is 4.98 Å². The molecular formula is C14H11NO3. The molecule has 0 radical (unpaired) electrons. The molecule has 0 atom stereocenters. The van der Waals surface area contributed by atoms with Crippen LogP contribution in [0.3, 0.4) is 0 Å². The quantitative estimate of drug-likeness (QED) is 0.833. The Labute approximate surface area is 104 Å². The molecule has 2 rings (SSSR count). The zero-order valence-corrected chi connectivity index (χ0v) is 9.54. The minimum Gasteiger partial charge on any atom is -0.477 e. The number of Topliss-reactive ketones (excluding diaryl/α,β-unsaturated/α-hetero) is 1. The molecule has 0 amide bonds. The van der Waals surface area contributed by atoms with E-state index < -0.39 is 5.97 Å². The Morgan fingerprint density at radius 2 is 1.78 bits per heavy atom. The molecule has 1 heterocycles. The van der Waals surface area contributed by atoms with Gasteiger partial charge in [-0.25, -0.2) is 9.78 Å². The number of ketones is 1. The Bertz CT molecular complexity index is 561. The molecule has 0 aliphatic carbocycles. The molecule has 0 unspecified atom stereocenters. The summed E-state index contributed by atoms with van der Waals surface area (Å²) in [7, 11) is 0. The Balaban J connectivity index is 2.10. The number of nitrogens with zero attached hydrogens (tertiary/aromatic N) is 1. The van der Waals surface area contributed by atoms with E-state index in [1.54, 1.807) is 30.3 Å². The average Bonchev–Trinajstić information content (AvgIpc) is 2.40. The first-order valence-electron chi connectivity index (χ1n) is 5.43. The summed E-state index contributed by atoms with van der Waals surface area (Å²) in [4.78, 5) is 26.3. The first-order valence-corrected chi connectivity index (χ1v) is 5.43. The minimum absolute atomic E-state index is 0.0134. The lowest BCUT2D eigenvalue weighted by Crippen LogP contribution is -2.05. The van der Waals surface area contributed by atoms with E-state index in [-0.39, 0.29) is 17.9 Å². The SMILES string of the molecule is O=C(Cc1ccc(C(=O)O)nc1)c1ccccc1. The summed E-state index contributed by atoms with van der Waals surface area (Å²) in [5, 5.41) is 8.71. The van der Waals surface area contributed by atoms with Gasteiger partial charge in [-0.15, -0.1) is 0 Å². The van der Waals surface area contributed by atoms with Crippen molar-refractivity contribution in [3.63, 3.8) is 0 Å². The Morgan fingerprint density at radius 3 is 2.33 bits per heavy atom. The zero-order chi connectivity index (χ0) is 13.0. The van der Waals surface area contributed by atoms with Gasteiger partial charge in [0, 0.05) is 18.2 Å². The lowest BCUT2D eigenvalue weighted by atomic mass is 10.0. The van der Waals surface area contributed by atoms with Gasteiger partial charge in [0.2, 0.25) is 0 Å². The maximum atomic E-state index is 11.9. The fourth-order valence-corrected chi connectivity index (χ4v) is 1.57. The molecule has 0 spiro atoms. The number of carboxylic acids is 1. The summed E-state index contributed by atoms with van der Waals surface area (Å²) < 4.78 is 0. The molecule has 0 saturated carbocycles. The minimum atomic E-state index is -1.07. The molecule has 1 N–H and O–H groups in total. The molecule has 4 heteroatoms. The third-order valence-electron chi connectivity index (χ3n) is 2.50. The molecule has 0 aliphatic heterocycles. The topological polar surface area (TPSA) is 67.3 Å². The highest BCUT2D eigenvalue weighted by Gasteiger charge is 2.08. The van der Waals surface area contributed by atoms with E-state index in [9.17, 15) is 9.59 Å². The Kier molecular flexibility index (Phi) is 3.48. The number of carbonyl (C=O) groups is 2. The van der Waals surface area contributed by atoms with Gasteiger partial charge in [0.1, 0.15) is 5.69 Å². The van der Waals surface area contributed by atoms with E-state index in [4.69, 9.17) is 5.11 Å². The Morgan fingerprint density at radius 1 is 1.06 bits per heavy atom. The second-order valence-corrected chi connectivity index (χ2v) is 3.82. The zero-order valence-electron chi connectivity index (χ0n) is 9.54. The second kappa shape index (κ2) is 5.23. The van der Waals surface area contributed by atoms with Crippen LogP contribution in [0.1, 0.15) is 26.4 Å². The first-order chi connectivity index (χ1) is 8.66. The number of carboxylic acid groups (broad SMARTS) is 1. The summed E-state index contributed by atoms with van der Waals surface area (Å²) in [6.07, 6.45) is 1.64. The van der Waals surface area contributed by atoms with E-state index in [0.717, 1.165) is 0 Å². The van der Waals surface area contributed by atoms with Crippen molar-refractivity contribution in [1.29, 1.82) is 0 Å². The fraction of sp³-hybridized carbons (Fsp3) is 0.0714. The summed E-state index contributed by atoms with van der Waals surface area (Å²) >= 11 is 0. The Hall–Kier alpha value is -2.49. The molecule has 0 saturated heterocycles. The number of benzene rings is 1. The van der Waals surface area contributed by atoms with Crippen molar-refractivity contribution in [3.05, 3.63) is 65.5 Å². The molecule has 0 aliphatic rings. The molecule has 90 valence electrons. The highest BCUT2D eigenvalue weighted by molar-refractivity contribution is 5.97. The maximum absolute atomic E-state index is 11.9. The van der Waals surface area contributed by atoms with Crippen molar-refractivity contribution in [2.24, 2.45) is 0 Å². The smallest absolute Gasteiger partial charge is 0.354 e. The molecule has 1 aromatic heterocycles. The number of carbonyl (C=O) groups excluding carboxylic acids is 1. The monoisotopic (exact) mass is 241 g/mol. The number of hydrogen-bond donors (Lipinski definition) is 1. The van der Waals surface area contributed by atoms with Gasteiger partial charge in [0.05, 0.1) is 0 Å². The predicted octanol–water partition coefficient (Wildman–Crippen LogP) is 2.21. The van der Waals surface area contributed by atoms with Gasteiger partial charge in [-0.1, -0.05) is 36.4 Å². The van der Waals surface area contributed by atoms with Gasteiger partial charge < -0.3 is 5.11 Å². The van der Waals surface area contributed by atoms with E-state index >= 15 is 0 Å². The standard InChI is InChI=1S/C14H11NO3/c16-13(11-4-2-1-3-5-11)8-10-6-7-12(14(17)18)15-9-10/h1-7,9H,8H2,(H,17,18). The van der Waals surface area contributed by atoms with Crippen molar-refractivity contribution in [2.75, 3.05) is 0 Å². The van der Waals surface area contributed by atoms with E-state index in [0.29, 0.717) is 11.1 Å². The summed E-state index contributed by atoms with van der Waals surface area (Å²) in [5.41, 5.74) is 1.32. The van der Waals surface area contributed by atoms with Crippen LogP contribution >= 0.6 is 0 Å². The third-order valence-corrected chi connectivity index (χ3v) is 2.50. The van der Waals surface area contributed by atoms with Gasteiger partial charge in [-0.05, 0) is 11.6 Å². The summed E-state index contributed by atoms with van der Waals surface area (Å²) in [6.45, 7) is 0. The number of aromatic nitrogens is 1.